The van der Waals surface area contributed by atoms with Gasteiger partial charge in [0.25, 0.3) is 0 Å². The first-order valence-corrected chi connectivity index (χ1v) is 7.30. The lowest BCUT2D eigenvalue weighted by molar-refractivity contribution is -0.122. The van der Waals surface area contributed by atoms with Crippen molar-refractivity contribution < 1.29 is 4.79 Å². The van der Waals surface area contributed by atoms with Crippen LogP contribution in [-0.2, 0) is 11.2 Å². The molecular weight excluding hydrogens is 250 g/mol. The van der Waals surface area contributed by atoms with E-state index >= 15 is 0 Å². The molecule has 1 aromatic heterocycles. The second kappa shape index (κ2) is 7.10. The minimum Gasteiger partial charge on any atom is -0.361 e. The van der Waals surface area contributed by atoms with E-state index in [1.807, 2.05) is 19.1 Å². The Labute approximate surface area is 119 Å². The number of nitrogens with one attached hydrogen (secondary N) is 2. The normalized spacial score (nSPS) is 12.5. The van der Waals surface area contributed by atoms with E-state index in [1.165, 1.54) is 10.9 Å². The molecule has 1 atom stereocenters. The summed E-state index contributed by atoms with van der Waals surface area (Å²) >= 11 is 0. The number of hydrogen-bond donors (Lipinski definition) is 3. The highest BCUT2D eigenvalue weighted by molar-refractivity contribution is 5.83. The van der Waals surface area contributed by atoms with Crippen molar-refractivity contribution in [3.05, 3.63) is 36.0 Å². The van der Waals surface area contributed by atoms with Gasteiger partial charge in [0, 0.05) is 23.6 Å². The predicted molar refractivity (Wildman–Crippen MR) is 82.5 cm³/mol. The smallest absolute Gasteiger partial charge is 0.236 e. The fraction of sp³-hybridized carbons (Fsp3) is 0.438. The SMILES string of the molecule is CCCC(N)C(=O)NCCCc1c[nH]c2ccccc12. The number of carbonyl (C=O) groups excluding carboxylic acids is 1. The van der Waals surface area contributed by atoms with Gasteiger partial charge >= 0.3 is 0 Å². The van der Waals surface area contributed by atoms with Crippen LogP contribution < -0.4 is 11.1 Å². The number of para-hydroxylation sites is 1. The van der Waals surface area contributed by atoms with Crippen molar-refractivity contribution in [1.82, 2.24) is 10.3 Å². The highest BCUT2D eigenvalue weighted by Crippen LogP contribution is 2.18. The molecule has 2 aromatic rings. The minimum absolute atomic E-state index is 0.0363. The van der Waals surface area contributed by atoms with Gasteiger partial charge in [0.05, 0.1) is 6.04 Å². The second-order valence-corrected chi connectivity index (χ2v) is 5.15. The monoisotopic (exact) mass is 273 g/mol. The van der Waals surface area contributed by atoms with Crippen LogP contribution in [0.3, 0.4) is 0 Å². The van der Waals surface area contributed by atoms with Crippen LogP contribution in [0, 0.1) is 0 Å². The Morgan fingerprint density at radius 1 is 1.40 bits per heavy atom. The van der Waals surface area contributed by atoms with Gasteiger partial charge in [-0.25, -0.2) is 0 Å². The van der Waals surface area contributed by atoms with Crippen LogP contribution in [0.4, 0.5) is 0 Å². The third-order valence-electron chi connectivity index (χ3n) is 3.53. The Hall–Kier alpha value is -1.81. The van der Waals surface area contributed by atoms with Crippen LogP contribution >= 0.6 is 0 Å². The lowest BCUT2D eigenvalue weighted by Gasteiger charge is -2.10. The predicted octanol–water partition coefficient (Wildman–Crippen LogP) is 2.34. The average Bonchev–Trinajstić information content (AvgIpc) is 2.87. The first kappa shape index (κ1) is 14.6. The number of aromatic amines is 1. The van der Waals surface area contributed by atoms with Crippen LogP contribution in [0.15, 0.2) is 30.5 Å². The van der Waals surface area contributed by atoms with E-state index in [2.05, 4.69) is 28.6 Å². The number of carbonyl (C=O) groups is 1. The van der Waals surface area contributed by atoms with Gasteiger partial charge in [-0.15, -0.1) is 0 Å². The largest absolute Gasteiger partial charge is 0.361 e. The molecule has 0 saturated carbocycles. The molecule has 1 heterocycles. The molecule has 0 spiro atoms. The lowest BCUT2D eigenvalue weighted by Crippen LogP contribution is -2.40. The summed E-state index contributed by atoms with van der Waals surface area (Å²) in [6, 6.07) is 7.90. The lowest BCUT2D eigenvalue weighted by atomic mass is 10.1. The van der Waals surface area contributed by atoms with Gasteiger partial charge in [-0.3, -0.25) is 4.79 Å². The van der Waals surface area contributed by atoms with Crippen LogP contribution in [0.5, 0.6) is 0 Å². The molecule has 1 unspecified atom stereocenters. The second-order valence-electron chi connectivity index (χ2n) is 5.15. The molecule has 2 rings (SSSR count). The molecule has 0 aliphatic carbocycles. The number of fused-ring (bicyclic) bond motifs is 1. The maximum atomic E-state index is 11.7. The van der Waals surface area contributed by atoms with Crippen molar-refractivity contribution in [3.8, 4) is 0 Å². The minimum atomic E-state index is -0.368. The van der Waals surface area contributed by atoms with E-state index in [4.69, 9.17) is 5.73 Å². The average molecular weight is 273 g/mol. The third-order valence-corrected chi connectivity index (χ3v) is 3.53. The van der Waals surface area contributed by atoms with E-state index < -0.39 is 0 Å². The molecule has 1 aromatic carbocycles. The highest BCUT2D eigenvalue weighted by Gasteiger charge is 2.11. The van der Waals surface area contributed by atoms with Crippen LogP contribution in [0.2, 0.25) is 0 Å². The van der Waals surface area contributed by atoms with Crippen molar-refractivity contribution in [2.24, 2.45) is 5.73 Å². The van der Waals surface area contributed by atoms with Crippen molar-refractivity contribution in [1.29, 1.82) is 0 Å². The summed E-state index contributed by atoms with van der Waals surface area (Å²) in [4.78, 5) is 14.9. The van der Waals surface area contributed by atoms with Gasteiger partial charge in [0.2, 0.25) is 5.91 Å². The van der Waals surface area contributed by atoms with Gasteiger partial charge in [-0.2, -0.15) is 0 Å². The van der Waals surface area contributed by atoms with E-state index in [-0.39, 0.29) is 11.9 Å². The number of hydrogen-bond acceptors (Lipinski definition) is 2. The summed E-state index contributed by atoms with van der Waals surface area (Å²) in [5.74, 6) is -0.0363. The Bertz CT molecular complexity index is 562. The van der Waals surface area contributed by atoms with E-state index in [1.54, 1.807) is 0 Å². The summed E-state index contributed by atoms with van der Waals surface area (Å²) < 4.78 is 0. The summed E-state index contributed by atoms with van der Waals surface area (Å²) in [6.45, 7) is 2.71. The molecule has 0 aliphatic rings. The van der Waals surface area contributed by atoms with Crippen molar-refractivity contribution >= 4 is 16.8 Å². The molecule has 20 heavy (non-hydrogen) atoms. The van der Waals surface area contributed by atoms with Gasteiger partial charge < -0.3 is 16.0 Å². The topological polar surface area (TPSA) is 70.9 Å². The zero-order valence-electron chi connectivity index (χ0n) is 12.0. The molecule has 0 radical (unpaired) electrons. The quantitative estimate of drug-likeness (QED) is 0.678. The first-order chi connectivity index (χ1) is 9.72. The number of aromatic nitrogens is 1. The fourth-order valence-corrected chi connectivity index (χ4v) is 2.40. The maximum absolute atomic E-state index is 11.7. The van der Waals surface area contributed by atoms with Gasteiger partial charge in [0.15, 0.2) is 0 Å². The Balaban J connectivity index is 1.77. The Morgan fingerprint density at radius 2 is 2.20 bits per heavy atom. The molecule has 0 saturated heterocycles. The molecule has 0 fully saturated rings. The summed E-state index contributed by atoms with van der Waals surface area (Å²) in [6.07, 6.45) is 5.60. The van der Waals surface area contributed by atoms with Crippen molar-refractivity contribution in [3.63, 3.8) is 0 Å². The van der Waals surface area contributed by atoms with Gasteiger partial charge in [-0.05, 0) is 30.9 Å². The van der Waals surface area contributed by atoms with Crippen LogP contribution in [0.1, 0.15) is 31.7 Å². The molecule has 4 N–H and O–H groups in total. The Kier molecular flexibility index (Phi) is 5.18. The number of rotatable bonds is 7. The number of benzene rings is 1. The summed E-state index contributed by atoms with van der Waals surface area (Å²) in [7, 11) is 0. The molecule has 1 amide bonds. The molecular formula is C16H23N3O. The van der Waals surface area contributed by atoms with Gasteiger partial charge in [-0.1, -0.05) is 31.5 Å². The zero-order valence-corrected chi connectivity index (χ0v) is 12.0. The summed E-state index contributed by atoms with van der Waals surface area (Å²) in [5, 5.41) is 4.17. The number of nitrogens with two attached hydrogens (primary N) is 1. The number of amides is 1. The molecule has 0 aliphatic heterocycles. The van der Waals surface area contributed by atoms with Crippen molar-refractivity contribution in [2.45, 2.75) is 38.6 Å². The Morgan fingerprint density at radius 3 is 3.00 bits per heavy atom. The fourth-order valence-electron chi connectivity index (χ4n) is 2.40. The van der Waals surface area contributed by atoms with Crippen LogP contribution in [0.25, 0.3) is 10.9 Å². The zero-order chi connectivity index (χ0) is 14.4. The number of H-pyrrole nitrogens is 1. The van der Waals surface area contributed by atoms with Crippen molar-refractivity contribution in [2.75, 3.05) is 6.54 Å². The third kappa shape index (κ3) is 3.61. The molecule has 4 nitrogen and oxygen atoms in total. The molecule has 4 heteroatoms. The van der Waals surface area contributed by atoms with E-state index in [0.29, 0.717) is 6.54 Å². The first-order valence-electron chi connectivity index (χ1n) is 7.30. The number of aryl methyl sites for hydroxylation is 1. The van der Waals surface area contributed by atoms with Gasteiger partial charge in [0.1, 0.15) is 0 Å². The maximum Gasteiger partial charge on any atom is 0.236 e. The summed E-state index contributed by atoms with van der Waals surface area (Å²) in [5.41, 5.74) is 8.22. The standard InChI is InChI=1S/C16H23N3O/c1-2-6-14(17)16(20)18-10-5-7-12-11-19-15-9-4-3-8-13(12)15/h3-4,8-9,11,14,19H,2,5-7,10,17H2,1H3,(H,18,20). The molecule has 108 valence electrons. The van der Waals surface area contributed by atoms with Crippen LogP contribution in [-0.4, -0.2) is 23.5 Å². The highest BCUT2D eigenvalue weighted by atomic mass is 16.2. The molecule has 0 bridgehead atoms. The van der Waals surface area contributed by atoms with E-state index in [0.717, 1.165) is 31.2 Å². The van der Waals surface area contributed by atoms with E-state index in [9.17, 15) is 4.79 Å².